The van der Waals surface area contributed by atoms with Crippen LogP contribution in [0.15, 0.2) is 18.6 Å². The summed E-state index contributed by atoms with van der Waals surface area (Å²) in [5.41, 5.74) is -0.710. The summed E-state index contributed by atoms with van der Waals surface area (Å²) >= 11 is 0. The maximum absolute atomic E-state index is 12.1. The molecule has 6 heteroatoms. The van der Waals surface area contributed by atoms with Crippen LogP contribution in [-0.2, 0) is 9.53 Å². The number of nitrogens with zero attached hydrogens (tertiary/aromatic N) is 2. The highest BCUT2D eigenvalue weighted by Gasteiger charge is 2.42. The minimum absolute atomic E-state index is 0.205. The van der Waals surface area contributed by atoms with Gasteiger partial charge in [0.15, 0.2) is 0 Å². The number of carbonyl (C=O) groups excluding carboxylic acids is 2. The second-order valence-electron chi connectivity index (χ2n) is 4.68. The van der Waals surface area contributed by atoms with Gasteiger partial charge in [-0.05, 0) is 12.8 Å². The number of carbonyl (C=O) groups is 2. The highest BCUT2D eigenvalue weighted by atomic mass is 16.5. The molecule has 2 rings (SSSR count). The van der Waals surface area contributed by atoms with Crippen LogP contribution in [-0.4, -0.2) is 34.5 Å². The molecule has 0 spiro atoms. The van der Waals surface area contributed by atoms with E-state index in [1.807, 2.05) is 0 Å². The first-order valence-electron chi connectivity index (χ1n) is 6.35. The Hall–Kier alpha value is -1.98. The normalized spacial score (nSPS) is 17.5. The van der Waals surface area contributed by atoms with E-state index in [0.29, 0.717) is 12.8 Å². The monoisotopic (exact) mass is 263 g/mol. The highest BCUT2D eigenvalue weighted by molar-refractivity contribution is 5.96. The van der Waals surface area contributed by atoms with Crippen LogP contribution in [0.5, 0.6) is 0 Å². The summed E-state index contributed by atoms with van der Waals surface area (Å²) < 4.78 is 4.84. The van der Waals surface area contributed by atoms with Crippen molar-refractivity contribution in [3.8, 4) is 0 Å². The van der Waals surface area contributed by atoms with E-state index in [-0.39, 0.29) is 17.6 Å². The SMILES string of the molecule is COC(=O)C1(NC(=O)c2cnccn2)CCCCC1. The van der Waals surface area contributed by atoms with Crippen molar-refractivity contribution in [1.82, 2.24) is 15.3 Å². The van der Waals surface area contributed by atoms with Crippen LogP contribution in [0.4, 0.5) is 0 Å². The number of nitrogens with one attached hydrogen (secondary N) is 1. The van der Waals surface area contributed by atoms with Crippen LogP contribution in [0.25, 0.3) is 0 Å². The average Bonchev–Trinajstić information content (AvgIpc) is 2.48. The van der Waals surface area contributed by atoms with Gasteiger partial charge in [-0.25, -0.2) is 9.78 Å². The predicted molar refractivity (Wildman–Crippen MR) is 67.3 cm³/mol. The molecule has 19 heavy (non-hydrogen) atoms. The molecule has 0 bridgehead atoms. The molecular weight excluding hydrogens is 246 g/mol. The van der Waals surface area contributed by atoms with Gasteiger partial charge in [0.2, 0.25) is 0 Å². The highest BCUT2D eigenvalue weighted by Crippen LogP contribution is 2.29. The molecule has 1 saturated carbocycles. The number of esters is 1. The first kappa shape index (κ1) is 13.5. The van der Waals surface area contributed by atoms with Crippen LogP contribution in [0.1, 0.15) is 42.6 Å². The van der Waals surface area contributed by atoms with Gasteiger partial charge < -0.3 is 10.1 Å². The molecular formula is C13H17N3O3. The number of hydrogen-bond acceptors (Lipinski definition) is 5. The minimum atomic E-state index is -0.915. The molecule has 0 aromatic carbocycles. The Morgan fingerprint density at radius 2 is 2.00 bits per heavy atom. The number of rotatable bonds is 3. The second kappa shape index (κ2) is 5.77. The van der Waals surface area contributed by atoms with E-state index >= 15 is 0 Å². The number of hydrogen-bond donors (Lipinski definition) is 1. The van der Waals surface area contributed by atoms with E-state index in [2.05, 4.69) is 15.3 Å². The van der Waals surface area contributed by atoms with Gasteiger partial charge in [0.25, 0.3) is 5.91 Å². The largest absolute Gasteiger partial charge is 0.467 e. The molecule has 0 radical (unpaired) electrons. The first-order chi connectivity index (χ1) is 9.18. The van der Waals surface area contributed by atoms with Gasteiger partial charge in [-0.3, -0.25) is 9.78 Å². The van der Waals surface area contributed by atoms with Gasteiger partial charge in [-0.15, -0.1) is 0 Å². The third kappa shape index (κ3) is 2.89. The molecule has 1 aliphatic carbocycles. The molecule has 1 amide bonds. The molecule has 1 aromatic rings. The zero-order chi connectivity index (χ0) is 13.7. The first-order valence-corrected chi connectivity index (χ1v) is 6.35. The molecule has 102 valence electrons. The Kier molecular flexibility index (Phi) is 4.09. The van der Waals surface area contributed by atoms with E-state index in [1.54, 1.807) is 0 Å². The smallest absolute Gasteiger partial charge is 0.331 e. The van der Waals surface area contributed by atoms with Crippen molar-refractivity contribution in [2.24, 2.45) is 0 Å². The van der Waals surface area contributed by atoms with Gasteiger partial charge in [0.1, 0.15) is 11.2 Å². The van der Waals surface area contributed by atoms with E-state index in [4.69, 9.17) is 4.74 Å². The topological polar surface area (TPSA) is 81.2 Å². The predicted octanol–water partition coefficient (Wildman–Crippen LogP) is 1.08. The quantitative estimate of drug-likeness (QED) is 0.825. The molecule has 1 aliphatic rings. The van der Waals surface area contributed by atoms with Gasteiger partial charge in [0.05, 0.1) is 13.3 Å². The van der Waals surface area contributed by atoms with Crippen LogP contribution < -0.4 is 5.32 Å². The molecule has 0 unspecified atom stereocenters. The summed E-state index contributed by atoms with van der Waals surface area (Å²) in [5, 5.41) is 2.78. The number of ether oxygens (including phenoxy) is 1. The fourth-order valence-electron chi connectivity index (χ4n) is 2.43. The molecule has 6 nitrogen and oxygen atoms in total. The van der Waals surface area contributed by atoms with E-state index < -0.39 is 5.54 Å². The standard InChI is InChI=1S/C13H17N3O3/c1-19-12(18)13(5-3-2-4-6-13)16-11(17)10-9-14-7-8-15-10/h7-9H,2-6H2,1H3,(H,16,17). The Morgan fingerprint density at radius 1 is 1.26 bits per heavy atom. The maximum Gasteiger partial charge on any atom is 0.331 e. The molecule has 1 heterocycles. The molecule has 1 fully saturated rings. The fourth-order valence-corrected chi connectivity index (χ4v) is 2.43. The van der Waals surface area contributed by atoms with Crippen molar-refractivity contribution < 1.29 is 14.3 Å². The molecule has 0 saturated heterocycles. The molecule has 1 aromatic heterocycles. The number of methoxy groups -OCH3 is 1. The molecule has 1 N–H and O–H groups in total. The fraction of sp³-hybridized carbons (Fsp3) is 0.538. The summed E-state index contributed by atoms with van der Waals surface area (Å²) in [6, 6.07) is 0. The van der Waals surface area contributed by atoms with Crippen molar-refractivity contribution in [3.63, 3.8) is 0 Å². The van der Waals surface area contributed by atoms with Crippen molar-refractivity contribution in [1.29, 1.82) is 0 Å². The van der Waals surface area contributed by atoms with Crippen LogP contribution in [0.3, 0.4) is 0 Å². The van der Waals surface area contributed by atoms with Crippen LogP contribution >= 0.6 is 0 Å². The van der Waals surface area contributed by atoms with Crippen molar-refractivity contribution in [2.75, 3.05) is 7.11 Å². The lowest BCUT2D eigenvalue weighted by Gasteiger charge is -2.35. The van der Waals surface area contributed by atoms with Gasteiger partial charge in [-0.2, -0.15) is 0 Å². The van der Waals surface area contributed by atoms with Gasteiger partial charge in [-0.1, -0.05) is 19.3 Å². The van der Waals surface area contributed by atoms with Crippen LogP contribution in [0, 0.1) is 0 Å². The Morgan fingerprint density at radius 3 is 2.58 bits per heavy atom. The summed E-state index contributed by atoms with van der Waals surface area (Å²) in [4.78, 5) is 31.9. The Labute approximate surface area is 111 Å². The zero-order valence-corrected chi connectivity index (χ0v) is 10.9. The van der Waals surface area contributed by atoms with E-state index in [9.17, 15) is 9.59 Å². The van der Waals surface area contributed by atoms with Crippen molar-refractivity contribution >= 4 is 11.9 Å². The zero-order valence-electron chi connectivity index (χ0n) is 10.9. The van der Waals surface area contributed by atoms with E-state index in [1.165, 1.54) is 25.7 Å². The number of aromatic nitrogens is 2. The van der Waals surface area contributed by atoms with Crippen molar-refractivity contribution in [2.45, 2.75) is 37.6 Å². The van der Waals surface area contributed by atoms with Gasteiger partial charge in [0, 0.05) is 12.4 Å². The molecule has 0 aliphatic heterocycles. The van der Waals surface area contributed by atoms with Gasteiger partial charge >= 0.3 is 5.97 Å². The summed E-state index contributed by atoms with van der Waals surface area (Å²) in [7, 11) is 1.34. The lowest BCUT2D eigenvalue weighted by Crippen LogP contribution is -2.56. The minimum Gasteiger partial charge on any atom is -0.467 e. The second-order valence-corrected chi connectivity index (χ2v) is 4.68. The summed E-state index contributed by atoms with van der Waals surface area (Å²) in [6.07, 6.45) is 8.39. The Balaban J connectivity index is 2.17. The van der Waals surface area contributed by atoms with Crippen molar-refractivity contribution in [3.05, 3.63) is 24.3 Å². The average molecular weight is 263 g/mol. The lowest BCUT2D eigenvalue weighted by molar-refractivity contribution is -0.149. The Bertz CT molecular complexity index is 455. The lowest BCUT2D eigenvalue weighted by atomic mass is 9.81. The number of amides is 1. The third-order valence-electron chi connectivity index (χ3n) is 3.43. The molecule has 0 atom stereocenters. The van der Waals surface area contributed by atoms with E-state index in [0.717, 1.165) is 19.3 Å². The summed E-state index contributed by atoms with van der Waals surface area (Å²) in [5.74, 6) is -0.773. The maximum atomic E-state index is 12.1. The summed E-state index contributed by atoms with van der Waals surface area (Å²) in [6.45, 7) is 0. The third-order valence-corrected chi connectivity index (χ3v) is 3.43. The van der Waals surface area contributed by atoms with Crippen LogP contribution in [0.2, 0.25) is 0 Å².